The summed E-state index contributed by atoms with van der Waals surface area (Å²) in [5.74, 6) is -0.902. The number of anilines is 1. The van der Waals surface area contributed by atoms with Gasteiger partial charge in [-0.15, -0.1) is 0 Å². The van der Waals surface area contributed by atoms with E-state index in [1.54, 1.807) is 30.3 Å². The van der Waals surface area contributed by atoms with Crippen molar-refractivity contribution in [2.24, 2.45) is 5.73 Å². The van der Waals surface area contributed by atoms with Crippen molar-refractivity contribution in [2.45, 2.75) is 0 Å². The van der Waals surface area contributed by atoms with E-state index < -0.39 is 5.91 Å². The topological polar surface area (TPSA) is 72.2 Å². The van der Waals surface area contributed by atoms with Gasteiger partial charge in [0.1, 0.15) is 0 Å². The van der Waals surface area contributed by atoms with E-state index >= 15 is 0 Å². The smallest absolute Gasteiger partial charge is 0.250 e. The monoisotopic (exact) mass is 316 g/mol. The molecule has 0 bridgehead atoms. The number of fused-ring (bicyclic) bond motifs is 1. The van der Waals surface area contributed by atoms with Crippen LogP contribution in [0.2, 0.25) is 0 Å². The zero-order valence-corrected chi connectivity index (χ0v) is 12.9. The van der Waals surface area contributed by atoms with Crippen LogP contribution in [0, 0.1) is 0 Å². The predicted octanol–water partition coefficient (Wildman–Crippen LogP) is 3.59. The Kier molecular flexibility index (Phi) is 4.38. The summed E-state index contributed by atoms with van der Waals surface area (Å²) in [6.07, 6.45) is 3.20. The number of carbonyl (C=O) groups is 2. The van der Waals surface area contributed by atoms with E-state index in [0.717, 1.165) is 16.3 Å². The van der Waals surface area contributed by atoms with Crippen molar-refractivity contribution in [2.75, 3.05) is 5.32 Å². The van der Waals surface area contributed by atoms with Gasteiger partial charge in [0.15, 0.2) is 0 Å². The van der Waals surface area contributed by atoms with Crippen LogP contribution in [0.25, 0.3) is 16.8 Å². The molecule has 0 fully saturated rings. The van der Waals surface area contributed by atoms with Gasteiger partial charge in [-0.1, -0.05) is 54.6 Å². The fourth-order valence-corrected chi connectivity index (χ4v) is 2.54. The standard InChI is InChI=1S/C20H16N2O2/c21-20(24)17-10-3-4-11-18(17)22-19(23)13-12-15-8-5-7-14-6-1-2-9-16(14)15/h1-13H,(H2,21,24)(H,22,23). The maximum atomic E-state index is 12.1. The molecule has 118 valence electrons. The number of nitrogens with one attached hydrogen (secondary N) is 1. The second kappa shape index (κ2) is 6.79. The molecule has 4 nitrogen and oxygen atoms in total. The van der Waals surface area contributed by atoms with Crippen molar-refractivity contribution in [1.29, 1.82) is 0 Å². The van der Waals surface area contributed by atoms with Crippen molar-refractivity contribution in [3.63, 3.8) is 0 Å². The Morgan fingerprint density at radius 3 is 2.42 bits per heavy atom. The molecule has 0 saturated carbocycles. The molecule has 0 atom stereocenters. The van der Waals surface area contributed by atoms with E-state index in [4.69, 9.17) is 5.73 Å². The molecular weight excluding hydrogens is 300 g/mol. The van der Waals surface area contributed by atoms with Crippen LogP contribution in [0.1, 0.15) is 15.9 Å². The van der Waals surface area contributed by atoms with Gasteiger partial charge >= 0.3 is 0 Å². The SMILES string of the molecule is NC(=O)c1ccccc1NC(=O)C=Cc1cccc2ccccc12. The summed E-state index contributed by atoms with van der Waals surface area (Å²) in [5.41, 5.74) is 6.94. The average molecular weight is 316 g/mol. The van der Waals surface area contributed by atoms with E-state index in [2.05, 4.69) is 5.32 Å². The molecular formula is C20H16N2O2. The Morgan fingerprint density at radius 1 is 0.875 bits per heavy atom. The van der Waals surface area contributed by atoms with E-state index in [0.29, 0.717) is 5.69 Å². The van der Waals surface area contributed by atoms with Crippen molar-refractivity contribution < 1.29 is 9.59 Å². The van der Waals surface area contributed by atoms with Crippen LogP contribution in [-0.2, 0) is 4.79 Å². The molecule has 4 heteroatoms. The summed E-state index contributed by atoms with van der Waals surface area (Å²) in [5, 5.41) is 4.86. The molecule has 2 amide bonds. The molecule has 0 heterocycles. The molecule has 0 saturated heterocycles. The number of hydrogen-bond donors (Lipinski definition) is 2. The summed E-state index contributed by atoms with van der Waals surface area (Å²) >= 11 is 0. The number of nitrogens with two attached hydrogens (primary N) is 1. The normalized spacial score (nSPS) is 10.8. The number of hydrogen-bond acceptors (Lipinski definition) is 2. The second-order valence-electron chi connectivity index (χ2n) is 5.30. The molecule has 0 aliphatic rings. The highest BCUT2D eigenvalue weighted by molar-refractivity contribution is 6.07. The minimum Gasteiger partial charge on any atom is -0.366 e. The van der Waals surface area contributed by atoms with Gasteiger partial charge in [-0.05, 0) is 34.5 Å². The van der Waals surface area contributed by atoms with Gasteiger partial charge in [0, 0.05) is 6.08 Å². The third-order valence-corrected chi connectivity index (χ3v) is 3.69. The van der Waals surface area contributed by atoms with Crippen LogP contribution < -0.4 is 11.1 Å². The average Bonchev–Trinajstić information content (AvgIpc) is 2.60. The Morgan fingerprint density at radius 2 is 1.58 bits per heavy atom. The van der Waals surface area contributed by atoms with Crippen molar-refractivity contribution in [1.82, 2.24) is 0 Å². The van der Waals surface area contributed by atoms with Gasteiger partial charge in [-0.2, -0.15) is 0 Å². The third kappa shape index (κ3) is 3.33. The quantitative estimate of drug-likeness (QED) is 0.722. The highest BCUT2D eigenvalue weighted by Crippen LogP contribution is 2.20. The van der Waals surface area contributed by atoms with Crippen molar-refractivity contribution >= 4 is 34.4 Å². The molecule has 0 aliphatic carbocycles. The maximum absolute atomic E-state index is 12.1. The highest BCUT2D eigenvalue weighted by Gasteiger charge is 2.08. The zero-order valence-electron chi connectivity index (χ0n) is 12.9. The number of rotatable bonds is 4. The van der Waals surface area contributed by atoms with Crippen LogP contribution in [0.15, 0.2) is 72.8 Å². The van der Waals surface area contributed by atoms with Crippen LogP contribution >= 0.6 is 0 Å². The molecule has 0 radical (unpaired) electrons. The lowest BCUT2D eigenvalue weighted by Gasteiger charge is -2.06. The Bertz CT molecular complexity index is 940. The van der Waals surface area contributed by atoms with Crippen molar-refractivity contribution in [3.8, 4) is 0 Å². The fraction of sp³-hybridized carbons (Fsp3) is 0. The first-order valence-corrected chi connectivity index (χ1v) is 7.51. The van der Waals surface area contributed by atoms with Gasteiger partial charge in [-0.25, -0.2) is 0 Å². The highest BCUT2D eigenvalue weighted by atomic mass is 16.2. The lowest BCUT2D eigenvalue weighted by atomic mass is 10.0. The second-order valence-corrected chi connectivity index (χ2v) is 5.30. The molecule has 0 aliphatic heterocycles. The van der Waals surface area contributed by atoms with E-state index in [-0.39, 0.29) is 11.5 Å². The molecule has 0 unspecified atom stereocenters. The number of primary amides is 1. The maximum Gasteiger partial charge on any atom is 0.250 e. The van der Waals surface area contributed by atoms with Gasteiger partial charge in [-0.3, -0.25) is 9.59 Å². The fourth-order valence-electron chi connectivity index (χ4n) is 2.54. The predicted molar refractivity (Wildman–Crippen MR) is 96.6 cm³/mol. The molecule has 3 rings (SSSR count). The molecule has 24 heavy (non-hydrogen) atoms. The third-order valence-electron chi connectivity index (χ3n) is 3.69. The van der Waals surface area contributed by atoms with E-state index in [9.17, 15) is 9.59 Å². The molecule has 3 N–H and O–H groups in total. The minimum absolute atomic E-state index is 0.282. The number of amides is 2. The van der Waals surface area contributed by atoms with Gasteiger partial charge < -0.3 is 11.1 Å². The first kappa shape index (κ1) is 15.5. The van der Waals surface area contributed by atoms with Crippen LogP contribution in [-0.4, -0.2) is 11.8 Å². The summed E-state index contributed by atoms with van der Waals surface area (Å²) in [4.78, 5) is 23.5. The molecule has 3 aromatic carbocycles. The molecule has 0 spiro atoms. The van der Waals surface area contributed by atoms with Gasteiger partial charge in [0.25, 0.3) is 5.91 Å². The number of benzene rings is 3. The summed E-state index contributed by atoms with van der Waals surface area (Å²) in [6.45, 7) is 0. The number of para-hydroxylation sites is 1. The van der Waals surface area contributed by atoms with E-state index in [1.165, 1.54) is 6.08 Å². The van der Waals surface area contributed by atoms with Crippen molar-refractivity contribution in [3.05, 3.63) is 83.9 Å². The summed E-state index contributed by atoms with van der Waals surface area (Å²) in [7, 11) is 0. The Balaban J connectivity index is 1.82. The minimum atomic E-state index is -0.580. The van der Waals surface area contributed by atoms with Gasteiger partial charge in [0.2, 0.25) is 5.91 Å². The summed E-state index contributed by atoms with van der Waals surface area (Å²) < 4.78 is 0. The van der Waals surface area contributed by atoms with E-state index in [1.807, 2.05) is 42.5 Å². The molecule has 0 aromatic heterocycles. The Hall–Kier alpha value is -3.40. The lowest BCUT2D eigenvalue weighted by Crippen LogP contribution is -2.16. The Labute approximate surface area is 139 Å². The van der Waals surface area contributed by atoms with Crippen LogP contribution in [0.4, 0.5) is 5.69 Å². The van der Waals surface area contributed by atoms with Crippen LogP contribution in [0.3, 0.4) is 0 Å². The largest absolute Gasteiger partial charge is 0.366 e. The molecule has 3 aromatic rings. The summed E-state index contributed by atoms with van der Waals surface area (Å²) in [6, 6.07) is 20.5. The lowest BCUT2D eigenvalue weighted by molar-refractivity contribution is -0.111. The number of carbonyl (C=O) groups excluding carboxylic acids is 2. The first-order chi connectivity index (χ1) is 11.6. The first-order valence-electron chi connectivity index (χ1n) is 7.51. The van der Waals surface area contributed by atoms with Crippen LogP contribution in [0.5, 0.6) is 0 Å². The van der Waals surface area contributed by atoms with Gasteiger partial charge in [0.05, 0.1) is 11.3 Å². The zero-order chi connectivity index (χ0) is 16.9.